The van der Waals surface area contributed by atoms with Crippen LogP contribution in [-0.2, 0) is 0 Å². The Kier molecular flexibility index (Phi) is 1.97. The van der Waals surface area contributed by atoms with Gasteiger partial charge >= 0.3 is 0 Å². The Bertz CT molecular complexity index is 705. The predicted molar refractivity (Wildman–Crippen MR) is 66.1 cm³/mol. The number of aromatic nitrogens is 2. The number of imidazole rings is 1. The van der Waals surface area contributed by atoms with Crippen LogP contribution in [0.3, 0.4) is 0 Å². The number of aromatic amines is 1. The molecule has 80 valence electrons. The van der Waals surface area contributed by atoms with Crippen molar-refractivity contribution in [2.45, 2.75) is 6.92 Å². The number of pyridine rings is 1. The summed E-state index contributed by atoms with van der Waals surface area (Å²) in [5, 5.41) is 0. The second-order valence-electron chi connectivity index (χ2n) is 3.70. The number of nitrogens with one attached hydrogen (secondary N) is 1. The van der Waals surface area contributed by atoms with Gasteiger partial charge < -0.3 is 4.98 Å². The zero-order chi connectivity index (χ0) is 11.1. The summed E-state index contributed by atoms with van der Waals surface area (Å²) in [7, 11) is 0. The quantitative estimate of drug-likeness (QED) is 0.685. The molecule has 0 atom stereocenters. The van der Waals surface area contributed by atoms with Gasteiger partial charge in [-0.15, -0.1) is 11.3 Å². The summed E-state index contributed by atoms with van der Waals surface area (Å²) >= 11 is 1.72. The normalized spacial score (nSPS) is 11.1. The van der Waals surface area contributed by atoms with Crippen LogP contribution in [-0.4, -0.2) is 9.38 Å². The number of hydrogen-bond acceptors (Lipinski definition) is 2. The molecule has 0 spiro atoms. The largest absolute Gasteiger partial charge is 0.339 e. The van der Waals surface area contributed by atoms with Crippen LogP contribution in [0.25, 0.3) is 16.2 Å². The number of thiophene rings is 1. The fourth-order valence-electron chi connectivity index (χ4n) is 1.74. The van der Waals surface area contributed by atoms with Gasteiger partial charge in [0, 0.05) is 17.1 Å². The molecule has 0 aliphatic rings. The van der Waals surface area contributed by atoms with E-state index in [-0.39, 0.29) is 5.56 Å². The highest BCUT2D eigenvalue weighted by Gasteiger charge is 2.05. The lowest BCUT2D eigenvalue weighted by molar-refractivity contribution is 1.12. The van der Waals surface area contributed by atoms with E-state index in [1.165, 1.54) is 4.88 Å². The molecular weight excluding hydrogens is 220 g/mol. The average Bonchev–Trinajstić information content (AvgIpc) is 2.84. The number of hydrogen-bond donors (Lipinski definition) is 1. The summed E-state index contributed by atoms with van der Waals surface area (Å²) < 4.78 is 1.63. The Balaban J connectivity index is 2.26. The molecule has 1 N–H and O–H groups in total. The van der Waals surface area contributed by atoms with Gasteiger partial charge in [0.2, 0.25) is 0 Å². The van der Waals surface area contributed by atoms with E-state index in [1.807, 2.05) is 12.3 Å². The molecule has 0 saturated heterocycles. The Hall–Kier alpha value is -1.81. The number of rotatable bonds is 1. The molecule has 0 aromatic carbocycles. The molecule has 3 aromatic rings. The second kappa shape index (κ2) is 3.35. The first kappa shape index (κ1) is 9.42. The Labute approximate surface area is 96.0 Å². The van der Waals surface area contributed by atoms with E-state index in [0.29, 0.717) is 0 Å². The van der Waals surface area contributed by atoms with Crippen LogP contribution in [0.5, 0.6) is 0 Å². The van der Waals surface area contributed by atoms with Gasteiger partial charge in [-0.3, -0.25) is 9.20 Å². The standard InChI is InChI=1S/C12H10N2OS/c1-8-5-6-10(16-8)9-7-14-11(13-9)3-2-4-12(14)15/h2-7,13H,1H3. The maximum atomic E-state index is 11.6. The topological polar surface area (TPSA) is 37.3 Å². The Morgan fingerprint density at radius 3 is 2.81 bits per heavy atom. The van der Waals surface area contributed by atoms with E-state index in [0.717, 1.165) is 16.2 Å². The smallest absolute Gasteiger partial charge is 0.256 e. The van der Waals surface area contributed by atoms with Crippen LogP contribution in [0, 0.1) is 6.92 Å². The third-order valence-corrected chi connectivity index (χ3v) is 3.55. The van der Waals surface area contributed by atoms with Gasteiger partial charge in [0.1, 0.15) is 5.65 Å². The molecule has 16 heavy (non-hydrogen) atoms. The van der Waals surface area contributed by atoms with Crippen molar-refractivity contribution in [3.63, 3.8) is 0 Å². The first-order valence-corrected chi connectivity index (χ1v) is 5.83. The van der Waals surface area contributed by atoms with E-state index >= 15 is 0 Å². The molecular formula is C12H10N2OS. The zero-order valence-electron chi connectivity index (χ0n) is 8.73. The Morgan fingerprint density at radius 1 is 1.25 bits per heavy atom. The molecule has 0 unspecified atom stereocenters. The molecule has 3 heterocycles. The lowest BCUT2D eigenvalue weighted by Crippen LogP contribution is -2.08. The fourth-order valence-corrected chi connectivity index (χ4v) is 2.57. The fraction of sp³-hybridized carbons (Fsp3) is 0.0833. The molecule has 0 aliphatic carbocycles. The van der Waals surface area contributed by atoms with Crippen LogP contribution in [0.1, 0.15) is 4.88 Å². The molecule has 0 fully saturated rings. The number of aryl methyl sites for hydroxylation is 1. The summed E-state index contributed by atoms with van der Waals surface area (Å²) in [5.41, 5.74) is 1.81. The van der Waals surface area contributed by atoms with E-state index in [2.05, 4.69) is 24.0 Å². The van der Waals surface area contributed by atoms with Gasteiger partial charge in [-0.1, -0.05) is 6.07 Å². The summed E-state index contributed by atoms with van der Waals surface area (Å²) in [6.45, 7) is 2.07. The van der Waals surface area contributed by atoms with Gasteiger partial charge in [0.05, 0.1) is 10.6 Å². The van der Waals surface area contributed by atoms with E-state index in [1.54, 1.807) is 27.9 Å². The van der Waals surface area contributed by atoms with Crippen molar-refractivity contribution >= 4 is 17.0 Å². The molecule has 3 rings (SSSR count). The lowest BCUT2D eigenvalue weighted by atomic mass is 10.4. The van der Waals surface area contributed by atoms with Crippen LogP contribution < -0.4 is 5.56 Å². The minimum absolute atomic E-state index is 0.00622. The van der Waals surface area contributed by atoms with Crippen molar-refractivity contribution < 1.29 is 0 Å². The molecule has 0 bridgehead atoms. The molecule has 0 saturated carbocycles. The molecule has 3 nitrogen and oxygen atoms in total. The van der Waals surface area contributed by atoms with Crippen LogP contribution in [0.15, 0.2) is 41.3 Å². The molecule has 0 aliphatic heterocycles. The van der Waals surface area contributed by atoms with Gasteiger partial charge in [0.15, 0.2) is 0 Å². The molecule has 0 amide bonds. The van der Waals surface area contributed by atoms with Crippen molar-refractivity contribution in [3.8, 4) is 10.6 Å². The molecule has 3 aromatic heterocycles. The number of nitrogens with zero attached hydrogens (tertiary/aromatic N) is 1. The van der Waals surface area contributed by atoms with Crippen molar-refractivity contribution in [1.82, 2.24) is 9.38 Å². The second-order valence-corrected chi connectivity index (χ2v) is 4.99. The van der Waals surface area contributed by atoms with Gasteiger partial charge in [-0.2, -0.15) is 0 Å². The minimum Gasteiger partial charge on any atom is -0.339 e. The number of H-pyrrole nitrogens is 1. The van der Waals surface area contributed by atoms with Gasteiger partial charge in [0.25, 0.3) is 5.56 Å². The number of fused-ring (bicyclic) bond motifs is 1. The highest BCUT2D eigenvalue weighted by molar-refractivity contribution is 7.15. The summed E-state index contributed by atoms with van der Waals surface area (Å²) in [4.78, 5) is 17.2. The van der Waals surface area contributed by atoms with Crippen LogP contribution in [0.4, 0.5) is 0 Å². The van der Waals surface area contributed by atoms with E-state index in [9.17, 15) is 4.79 Å². The van der Waals surface area contributed by atoms with Gasteiger partial charge in [-0.05, 0) is 25.1 Å². The monoisotopic (exact) mass is 230 g/mol. The zero-order valence-corrected chi connectivity index (χ0v) is 9.54. The van der Waals surface area contributed by atoms with Gasteiger partial charge in [-0.25, -0.2) is 0 Å². The summed E-state index contributed by atoms with van der Waals surface area (Å²) in [6, 6.07) is 9.36. The van der Waals surface area contributed by atoms with Crippen molar-refractivity contribution in [2.75, 3.05) is 0 Å². The van der Waals surface area contributed by atoms with Crippen molar-refractivity contribution in [2.24, 2.45) is 0 Å². The van der Waals surface area contributed by atoms with Crippen molar-refractivity contribution in [1.29, 1.82) is 0 Å². The average molecular weight is 230 g/mol. The third-order valence-electron chi connectivity index (χ3n) is 2.52. The van der Waals surface area contributed by atoms with Crippen molar-refractivity contribution in [3.05, 3.63) is 51.8 Å². The van der Waals surface area contributed by atoms with E-state index in [4.69, 9.17) is 0 Å². The molecule has 4 heteroatoms. The summed E-state index contributed by atoms with van der Waals surface area (Å²) in [5.74, 6) is 0. The maximum Gasteiger partial charge on any atom is 0.256 e. The van der Waals surface area contributed by atoms with E-state index < -0.39 is 0 Å². The highest BCUT2D eigenvalue weighted by Crippen LogP contribution is 2.26. The third kappa shape index (κ3) is 1.39. The lowest BCUT2D eigenvalue weighted by Gasteiger charge is -1.87. The molecule has 0 radical (unpaired) electrons. The summed E-state index contributed by atoms with van der Waals surface area (Å²) in [6.07, 6.45) is 1.85. The predicted octanol–water partition coefficient (Wildman–Crippen LogP) is 2.66. The maximum absolute atomic E-state index is 11.6. The minimum atomic E-state index is -0.00622. The Morgan fingerprint density at radius 2 is 2.12 bits per heavy atom. The highest BCUT2D eigenvalue weighted by atomic mass is 32.1. The van der Waals surface area contributed by atoms with Crippen LogP contribution >= 0.6 is 11.3 Å². The van der Waals surface area contributed by atoms with Crippen LogP contribution in [0.2, 0.25) is 0 Å². The SMILES string of the molecule is Cc1ccc(-c2cn3c(=O)cccc3[nH]2)s1. The first-order valence-electron chi connectivity index (χ1n) is 5.01. The first-order chi connectivity index (χ1) is 7.74.